The molecule has 0 spiro atoms. The van der Waals surface area contributed by atoms with Crippen molar-refractivity contribution in [3.8, 4) is 17.2 Å². The molecule has 1 aliphatic rings. The molecule has 32 heavy (non-hydrogen) atoms. The van der Waals surface area contributed by atoms with E-state index in [4.69, 9.17) is 21.7 Å². The first-order chi connectivity index (χ1) is 15.3. The molecule has 0 radical (unpaired) electrons. The van der Waals surface area contributed by atoms with Gasteiger partial charge in [-0.25, -0.2) is 0 Å². The number of carbonyl (C=O) groups excluding carboxylic acids is 2. The van der Waals surface area contributed by atoms with Gasteiger partial charge in [-0.1, -0.05) is 17.8 Å². The summed E-state index contributed by atoms with van der Waals surface area (Å²) >= 11 is 6.21. The van der Waals surface area contributed by atoms with Gasteiger partial charge in [0.1, 0.15) is 5.75 Å². The van der Waals surface area contributed by atoms with Crippen LogP contribution in [0.2, 0.25) is 0 Å². The van der Waals surface area contributed by atoms with Gasteiger partial charge in [0.05, 0.1) is 18.6 Å². The van der Waals surface area contributed by atoms with Crippen molar-refractivity contribution in [3.05, 3.63) is 58.5 Å². The maximum absolute atomic E-state index is 12.8. The Bertz CT molecular complexity index is 1060. The van der Waals surface area contributed by atoms with E-state index in [9.17, 15) is 18.4 Å². The fourth-order valence-electron chi connectivity index (χ4n) is 2.70. The molecular formula is C21H18F2N2O5S2. The van der Waals surface area contributed by atoms with Gasteiger partial charge in [-0.15, -0.1) is 0 Å². The average molecular weight is 481 g/mol. The Hall–Kier alpha value is -3.18. The van der Waals surface area contributed by atoms with E-state index in [1.165, 1.54) is 31.4 Å². The Balaban J connectivity index is 1.77. The number of hydrazine groups is 1. The number of benzene rings is 2. The molecule has 7 nitrogen and oxygen atoms in total. The predicted octanol–water partition coefficient (Wildman–Crippen LogP) is 4.24. The lowest BCUT2D eigenvalue weighted by atomic mass is 10.2. The zero-order chi connectivity index (χ0) is 23.3. The molecule has 1 saturated heterocycles. The fourth-order valence-corrected chi connectivity index (χ4v) is 3.88. The molecule has 0 saturated carbocycles. The third-order valence-corrected chi connectivity index (χ3v) is 5.44. The first-order valence-electron chi connectivity index (χ1n) is 9.27. The van der Waals surface area contributed by atoms with Crippen LogP contribution in [0.3, 0.4) is 0 Å². The molecule has 1 fully saturated rings. The Morgan fingerprint density at radius 3 is 2.56 bits per heavy atom. The summed E-state index contributed by atoms with van der Waals surface area (Å²) < 4.78 is 40.1. The van der Waals surface area contributed by atoms with E-state index in [0.29, 0.717) is 16.9 Å². The second-order valence-electron chi connectivity index (χ2n) is 6.20. The van der Waals surface area contributed by atoms with Crippen LogP contribution in [0, 0.1) is 0 Å². The number of thioether (sulfide) groups is 1. The molecule has 0 atom stereocenters. The van der Waals surface area contributed by atoms with Crippen molar-refractivity contribution < 1.29 is 32.6 Å². The number of hydrogen-bond acceptors (Lipinski definition) is 7. The molecule has 0 unspecified atom stereocenters. The summed E-state index contributed by atoms with van der Waals surface area (Å²) in [6, 6.07) is 10.7. The van der Waals surface area contributed by atoms with E-state index < -0.39 is 18.4 Å². The van der Waals surface area contributed by atoms with Gasteiger partial charge in [0.2, 0.25) is 0 Å². The Morgan fingerprint density at radius 2 is 1.94 bits per heavy atom. The van der Waals surface area contributed by atoms with E-state index in [1.807, 2.05) is 0 Å². The zero-order valence-corrected chi connectivity index (χ0v) is 18.6. The molecule has 0 bridgehead atoms. The molecule has 3 rings (SSSR count). The molecule has 11 heteroatoms. The highest BCUT2D eigenvalue weighted by atomic mass is 32.2. The first kappa shape index (κ1) is 23.5. The molecular weight excluding hydrogens is 462 g/mol. The number of alkyl halides is 2. The van der Waals surface area contributed by atoms with Crippen molar-refractivity contribution in [1.82, 2.24) is 10.4 Å². The quantitative estimate of drug-likeness (QED) is 0.447. The average Bonchev–Trinajstić information content (AvgIpc) is 3.02. The molecule has 1 N–H and O–H groups in total. The highest BCUT2D eigenvalue weighted by Crippen LogP contribution is 2.34. The van der Waals surface area contributed by atoms with Gasteiger partial charge in [0, 0.05) is 5.56 Å². The third-order valence-electron chi connectivity index (χ3n) is 4.14. The minimum atomic E-state index is -2.99. The Morgan fingerprint density at radius 1 is 1.22 bits per heavy atom. The summed E-state index contributed by atoms with van der Waals surface area (Å²) in [6.07, 6.45) is 1.52. The van der Waals surface area contributed by atoms with E-state index in [2.05, 4.69) is 10.2 Å². The van der Waals surface area contributed by atoms with Crippen LogP contribution in [-0.2, 0) is 4.79 Å². The minimum absolute atomic E-state index is 0.113. The Kier molecular flexibility index (Phi) is 7.65. The Labute approximate surface area is 192 Å². The third kappa shape index (κ3) is 5.54. The monoisotopic (exact) mass is 480 g/mol. The van der Waals surface area contributed by atoms with Gasteiger partial charge < -0.3 is 14.2 Å². The zero-order valence-electron chi connectivity index (χ0n) is 17.0. The second-order valence-corrected chi connectivity index (χ2v) is 7.88. The van der Waals surface area contributed by atoms with Crippen molar-refractivity contribution in [1.29, 1.82) is 0 Å². The molecule has 1 heterocycles. The number of nitrogens with one attached hydrogen (secondary N) is 1. The van der Waals surface area contributed by atoms with Crippen LogP contribution in [0.25, 0.3) is 6.08 Å². The van der Waals surface area contributed by atoms with Gasteiger partial charge in [-0.05, 0) is 67.2 Å². The SMILES string of the molecule is CCOc1cc(/C=C2\SC(=S)N(NC(=O)c3ccc(OC)cc3)C2=O)ccc1OC(F)F. The van der Waals surface area contributed by atoms with Crippen molar-refractivity contribution in [2.24, 2.45) is 0 Å². The number of amides is 2. The molecule has 2 amide bonds. The minimum Gasteiger partial charge on any atom is -0.497 e. The number of halogens is 2. The topological polar surface area (TPSA) is 77.1 Å². The number of methoxy groups -OCH3 is 1. The van der Waals surface area contributed by atoms with Gasteiger partial charge in [0.25, 0.3) is 11.8 Å². The van der Waals surface area contributed by atoms with Gasteiger partial charge in [-0.3, -0.25) is 15.0 Å². The molecule has 168 valence electrons. The number of thiocarbonyl (C=S) groups is 1. The predicted molar refractivity (Wildman–Crippen MR) is 120 cm³/mol. The van der Waals surface area contributed by atoms with Crippen LogP contribution in [0.15, 0.2) is 47.4 Å². The van der Waals surface area contributed by atoms with Crippen LogP contribution < -0.4 is 19.6 Å². The van der Waals surface area contributed by atoms with Crippen LogP contribution in [0.4, 0.5) is 8.78 Å². The summed E-state index contributed by atoms with van der Waals surface area (Å²) in [4.78, 5) is 25.5. The summed E-state index contributed by atoms with van der Waals surface area (Å²) in [5.41, 5.74) is 3.31. The van der Waals surface area contributed by atoms with Crippen molar-refractivity contribution in [2.45, 2.75) is 13.5 Å². The van der Waals surface area contributed by atoms with E-state index >= 15 is 0 Å². The number of hydrogen-bond donors (Lipinski definition) is 1. The van der Waals surface area contributed by atoms with E-state index in [1.54, 1.807) is 31.2 Å². The largest absolute Gasteiger partial charge is 0.497 e. The van der Waals surface area contributed by atoms with Crippen LogP contribution >= 0.6 is 24.0 Å². The van der Waals surface area contributed by atoms with Gasteiger partial charge in [-0.2, -0.15) is 13.8 Å². The van der Waals surface area contributed by atoms with Crippen molar-refractivity contribution >= 4 is 46.2 Å². The number of rotatable bonds is 8. The van der Waals surface area contributed by atoms with Gasteiger partial charge >= 0.3 is 6.61 Å². The summed E-state index contributed by atoms with van der Waals surface area (Å²) in [5.74, 6) is -0.445. The van der Waals surface area contributed by atoms with Crippen LogP contribution in [0.5, 0.6) is 17.2 Å². The molecule has 1 aliphatic heterocycles. The van der Waals surface area contributed by atoms with E-state index in [0.717, 1.165) is 16.8 Å². The lowest BCUT2D eigenvalue weighted by Gasteiger charge is -2.15. The fraction of sp³-hybridized carbons (Fsp3) is 0.190. The summed E-state index contributed by atoms with van der Waals surface area (Å²) in [5, 5.41) is 0.982. The maximum atomic E-state index is 12.8. The lowest BCUT2D eigenvalue weighted by Crippen LogP contribution is -2.44. The highest BCUT2D eigenvalue weighted by molar-refractivity contribution is 8.26. The lowest BCUT2D eigenvalue weighted by molar-refractivity contribution is -0.123. The first-order valence-corrected chi connectivity index (χ1v) is 10.5. The number of nitrogens with zero attached hydrogens (tertiary/aromatic N) is 1. The van der Waals surface area contributed by atoms with Crippen molar-refractivity contribution in [2.75, 3.05) is 13.7 Å². The molecule has 0 aliphatic carbocycles. The normalized spacial score (nSPS) is 14.8. The molecule has 2 aromatic rings. The molecule has 0 aromatic heterocycles. The second kappa shape index (κ2) is 10.4. The van der Waals surface area contributed by atoms with Crippen LogP contribution in [-0.4, -0.2) is 41.5 Å². The maximum Gasteiger partial charge on any atom is 0.387 e. The smallest absolute Gasteiger partial charge is 0.387 e. The summed E-state index contributed by atoms with van der Waals surface area (Å²) in [7, 11) is 1.51. The van der Waals surface area contributed by atoms with E-state index in [-0.39, 0.29) is 27.3 Å². The number of carbonyl (C=O) groups is 2. The van der Waals surface area contributed by atoms with Crippen LogP contribution in [0.1, 0.15) is 22.8 Å². The highest BCUT2D eigenvalue weighted by Gasteiger charge is 2.33. The molecule has 2 aromatic carbocycles. The standard InChI is InChI=1S/C21H18F2N2O5S2/c1-3-29-16-10-12(4-9-15(16)30-20(22)23)11-17-19(27)25(21(31)32-17)24-18(26)13-5-7-14(28-2)8-6-13/h4-11,20H,3H2,1-2H3,(H,24,26)/b17-11-. The summed E-state index contributed by atoms with van der Waals surface area (Å²) in [6.45, 7) is -1.05. The van der Waals surface area contributed by atoms with Gasteiger partial charge in [0.15, 0.2) is 15.8 Å². The van der Waals surface area contributed by atoms with Crippen molar-refractivity contribution in [3.63, 3.8) is 0 Å². The number of ether oxygens (including phenoxy) is 3.